The third-order valence-corrected chi connectivity index (χ3v) is 4.30. The molecule has 1 aromatic heterocycles. The molecule has 1 N–H and O–H groups in total. The predicted molar refractivity (Wildman–Crippen MR) is 77.1 cm³/mol. The molecule has 1 aliphatic heterocycles. The number of piperazine rings is 1. The molecule has 1 fully saturated rings. The number of nitrogens with one attached hydrogen (secondary N) is 1. The van der Waals surface area contributed by atoms with Gasteiger partial charge in [-0.1, -0.05) is 13.8 Å². The highest BCUT2D eigenvalue weighted by Gasteiger charge is 2.34. The second kappa shape index (κ2) is 5.27. The molecule has 3 nitrogen and oxygen atoms in total. The van der Waals surface area contributed by atoms with E-state index in [9.17, 15) is 0 Å². The monoisotopic (exact) mass is 247 g/mol. The maximum absolute atomic E-state index is 4.30. The maximum Gasteiger partial charge on any atom is 0.0586 e. The van der Waals surface area contributed by atoms with Gasteiger partial charge in [-0.2, -0.15) is 0 Å². The number of nitrogens with zero attached hydrogens (tertiary/aromatic N) is 2. The van der Waals surface area contributed by atoms with Crippen molar-refractivity contribution in [3.05, 3.63) is 24.0 Å². The third-order valence-electron chi connectivity index (χ3n) is 4.30. The summed E-state index contributed by atoms with van der Waals surface area (Å²) >= 11 is 0. The van der Waals surface area contributed by atoms with Gasteiger partial charge in [-0.3, -0.25) is 4.98 Å². The number of pyridine rings is 1. The van der Waals surface area contributed by atoms with Crippen LogP contribution in [-0.2, 0) is 0 Å². The van der Waals surface area contributed by atoms with E-state index in [1.807, 2.05) is 12.4 Å². The highest BCUT2D eigenvalue weighted by atomic mass is 15.3. The van der Waals surface area contributed by atoms with Gasteiger partial charge in [0, 0.05) is 30.9 Å². The molecule has 2 rings (SSSR count). The number of hydrogen-bond donors (Lipinski definition) is 1. The first-order chi connectivity index (χ1) is 8.59. The minimum Gasteiger partial charge on any atom is -0.364 e. The van der Waals surface area contributed by atoms with Crippen molar-refractivity contribution >= 4 is 5.69 Å². The number of anilines is 1. The molecule has 2 unspecified atom stereocenters. The molecule has 0 amide bonds. The molecular formula is C15H25N3. The van der Waals surface area contributed by atoms with E-state index in [0.29, 0.717) is 6.04 Å². The van der Waals surface area contributed by atoms with Crippen molar-refractivity contribution in [3.63, 3.8) is 0 Å². The van der Waals surface area contributed by atoms with Crippen LogP contribution >= 0.6 is 0 Å². The molecule has 0 bridgehead atoms. The summed E-state index contributed by atoms with van der Waals surface area (Å²) in [6.07, 6.45) is 6.21. The standard InChI is InChI=1S/C15H25N3/c1-5-13-9-17-15(4,6-2)11-18(13)14-10-16-8-7-12(14)3/h7-8,10,13,17H,5-6,9,11H2,1-4H3. The normalized spacial score (nSPS) is 28.4. The minimum atomic E-state index is 0.216. The van der Waals surface area contributed by atoms with Crippen LogP contribution in [-0.4, -0.2) is 29.7 Å². The van der Waals surface area contributed by atoms with Gasteiger partial charge >= 0.3 is 0 Å². The molecule has 3 heteroatoms. The number of hydrogen-bond acceptors (Lipinski definition) is 3. The topological polar surface area (TPSA) is 28.2 Å². The quantitative estimate of drug-likeness (QED) is 0.890. The lowest BCUT2D eigenvalue weighted by atomic mass is 9.92. The Balaban J connectivity index is 2.29. The molecule has 1 aliphatic rings. The summed E-state index contributed by atoms with van der Waals surface area (Å²) in [5.41, 5.74) is 2.84. The lowest BCUT2D eigenvalue weighted by Gasteiger charge is -2.47. The van der Waals surface area contributed by atoms with E-state index in [1.165, 1.54) is 17.7 Å². The molecule has 100 valence electrons. The number of aryl methyl sites for hydroxylation is 1. The zero-order valence-corrected chi connectivity index (χ0v) is 12.0. The Morgan fingerprint density at radius 3 is 2.89 bits per heavy atom. The average molecular weight is 247 g/mol. The van der Waals surface area contributed by atoms with Crippen LogP contribution in [0.15, 0.2) is 18.5 Å². The molecule has 2 atom stereocenters. The number of rotatable bonds is 3. The Labute approximate surface area is 111 Å². The SMILES string of the molecule is CCC1CNC(C)(CC)CN1c1cnccc1C. The van der Waals surface area contributed by atoms with Crippen molar-refractivity contribution in [1.82, 2.24) is 10.3 Å². The van der Waals surface area contributed by atoms with Crippen molar-refractivity contribution < 1.29 is 0 Å². The molecule has 0 saturated carbocycles. The lowest BCUT2D eigenvalue weighted by Crippen LogP contribution is -2.63. The van der Waals surface area contributed by atoms with Crippen molar-refractivity contribution in [3.8, 4) is 0 Å². The van der Waals surface area contributed by atoms with Crippen LogP contribution in [0, 0.1) is 6.92 Å². The summed E-state index contributed by atoms with van der Waals surface area (Å²) in [6, 6.07) is 2.68. The first-order valence-electron chi connectivity index (χ1n) is 7.02. The van der Waals surface area contributed by atoms with Crippen molar-refractivity contribution in [2.45, 2.75) is 52.1 Å². The highest BCUT2D eigenvalue weighted by molar-refractivity contribution is 5.53. The van der Waals surface area contributed by atoms with E-state index in [4.69, 9.17) is 0 Å². The molecular weight excluding hydrogens is 222 g/mol. The molecule has 1 saturated heterocycles. The van der Waals surface area contributed by atoms with Gasteiger partial charge < -0.3 is 10.2 Å². The van der Waals surface area contributed by atoms with Crippen molar-refractivity contribution in [2.24, 2.45) is 0 Å². The zero-order valence-electron chi connectivity index (χ0n) is 12.0. The third kappa shape index (κ3) is 2.51. The fourth-order valence-corrected chi connectivity index (χ4v) is 2.68. The van der Waals surface area contributed by atoms with Crippen LogP contribution in [0.1, 0.15) is 39.2 Å². The Morgan fingerprint density at radius 2 is 2.28 bits per heavy atom. The lowest BCUT2D eigenvalue weighted by molar-refractivity contribution is 0.276. The van der Waals surface area contributed by atoms with Gasteiger partial charge in [0.2, 0.25) is 0 Å². The van der Waals surface area contributed by atoms with Crippen LogP contribution in [0.4, 0.5) is 5.69 Å². The van der Waals surface area contributed by atoms with Crippen LogP contribution in [0.2, 0.25) is 0 Å². The van der Waals surface area contributed by atoms with E-state index in [1.54, 1.807) is 0 Å². The summed E-state index contributed by atoms with van der Waals surface area (Å²) in [6.45, 7) is 11.1. The predicted octanol–water partition coefficient (Wildman–Crippen LogP) is 2.75. The second-order valence-corrected chi connectivity index (χ2v) is 5.65. The van der Waals surface area contributed by atoms with Crippen LogP contribution in [0.25, 0.3) is 0 Å². The number of aromatic nitrogens is 1. The van der Waals surface area contributed by atoms with Gasteiger partial charge in [0.1, 0.15) is 0 Å². The second-order valence-electron chi connectivity index (χ2n) is 5.65. The summed E-state index contributed by atoms with van der Waals surface area (Å²) in [4.78, 5) is 6.84. The van der Waals surface area contributed by atoms with E-state index >= 15 is 0 Å². The average Bonchev–Trinajstić information content (AvgIpc) is 2.39. The smallest absolute Gasteiger partial charge is 0.0586 e. The Morgan fingerprint density at radius 1 is 1.50 bits per heavy atom. The molecule has 0 aliphatic carbocycles. The summed E-state index contributed by atoms with van der Waals surface area (Å²) < 4.78 is 0. The van der Waals surface area contributed by atoms with Crippen molar-refractivity contribution in [1.29, 1.82) is 0 Å². The summed E-state index contributed by atoms with van der Waals surface area (Å²) in [5, 5.41) is 3.70. The van der Waals surface area contributed by atoms with E-state index in [2.05, 4.69) is 49.0 Å². The van der Waals surface area contributed by atoms with Gasteiger partial charge in [-0.25, -0.2) is 0 Å². The first kappa shape index (κ1) is 13.3. The molecule has 1 aromatic rings. The molecule has 0 radical (unpaired) electrons. The fourth-order valence-electron chi connectivity index (χ4n) is 2.68. The van der Waals surface area contributed by atoms with Gasteiger partial charge in [-0.05, 0) is 38.3 Å². The largest absolute Gasteiger partial charge is 0.364 e. The highest BCUT2D eigenvalue weighted by Crippen LogP contribution is 2.28. The Hall–Kier alpha value is -1.09. The van der Waals surface area contributed by atoms with Gasteiger partial charge in [0.25, 0.3) is 0 Å². The van der Waals surface area contributed by atoms with Crippen LogP contribution in [0.3, 0.4) is 0 Å². The first-order valence-corrected chi connectivity index (χ1v) is 7.02. The summed E-state index contributed by atoms with van der Waals surface area (Å²) in [5.74, 6) is 0. The van der Waals surface area contributed by atoms with E-state index < -0.39 is 0 Å². The Bertz CT molecular complexity index is 404. The Kier molecular flexibility index (Phi) is 3.91. The van der Waals surface area contributed by atoms with Crippen molar-refractivity contribution in [2.75, 3.05) is 18.0 Å². The maximum atomic E-state index is 4.30. The van der Waals surface area contributed by atoms with E-state index in [-0.39, 0.29) is 5.54 Å². The molecule has 0 spiro atoms. The van der Waals surface area contributed by atoms with Gasteiger partial charge in [0.05, 0.1) is 11.9 Å². The summed E-state index contributed by atoms with van der Waals surface area (Å²) in [7, 11) is 0. The minimum absolute atomic E-state index is 0.216. The van der Waals surface area contributed by atoms with Gasteiger partial charge in [0.15, 0.2) is 0 Å². The molecule has 0 aromatic carbocycles. The van der Waals surface area contributed by atoms with Crippen LogP contribution < -0.4 is 10.2 Å². The molecule has 2 heterocycles. The van der Waals surface area contributed by atoms with Gasteiger partial charge in [-0.15, -0.1) is 0 Å². The zero-order chi connectivity index (χ0) is 13.2. The van der Waals surface area contributed by atoms with Crippen LogP contribution in [0.5, 0.6) is 0 Å². The van der Waals surface area contributed by atoms with E-state index in [0.717, 1.165) is 19.5 Å². The fraction of sp³-hybridized carbons (Fsp3) is 0.667. The molecule has 18 heavy (non-hydrogen) atoms.